The minimum absolute atomic E-state index is 0.0102. The number of amides is 2. The van der Waals surface area contributed by atoms with E-state index in [0.717, 1.165) is 12.8 Å². The zero-order chi connectivity index (χ0) is 12.6. The second kappa shape index (κ2) is 8.39. The molecule has 94 valence electrons. The highest BCUT2D eigenvalue weighted by atomic mass is 35.5. The second-order valence-corrected chi connectivity index (χ2v) is 4.50. The van der Waals surface area contributed by atoms with Gasteiger partial charge < -0.3 is 10.2 Å². The number of likely N-dealkylation sites (N-methyl/N-ethyl adjacent to an activating group) is 1. The molecule has 0 unspecified atom stereocenters. The predicted molar refractivity (Wildman–Crippen MR) is 65.5 cm³/mol. The number of hydrogen-bond acceptors (Lipinski definition) is 2. The van der Waals surface area contributed by atoms with Gasteiger partial charge in [-0.05, 0) is 26.7 Å². The summed E-state index contributed by atoms with van der Waals surface area (Å²) in [6, 6.07) is 0.104. The van der Waals surface area contributed by atoms with Gasteiger partial charge in [-0.3, -0.25) is 9.59 Å². The molecule has 0 aromatic carbocycles. The molecule has 0 fully saturated rings. The molecule has 0 aliphatic rings. The Hall–Kier alpha value is -0.770. The molecule has 0 heterocycles. The molecule has 4 nitrogen and oxygen atoms in total. The molecule has 0 aliphatic heterocycles. The van der Waals surface area contributed by atoms with Gasteiger partial charge in [0.05, 0.1) is 6.54 Å². The van der Waals surface area contributed by atoms with Gasteiger partial charge in [-0.1, -0.05) is 0 Å². The molecule has 0 spiro atoms. The molecule has 0 bridgehead atoms. The van der Waals surface area contributed by atoms with Crippen molar-refractivity contribution >= 4 is 23.4 Å². The molecule has 0 aromatic rings. The lowest BCUT2D eigenvalue weighted by atomic mass is 10.2. The van der Waals surface area contributed by atoms with Gasteiger partial charge in [0.25, 0.3) is 0 Å². The first-order valence-electron chi connectivity index (χ1n) is 5.56. The Morgan fingerprint density at radius 3 is 2.44 bits per heavy atom. The maximum Gasteiger partial charge on any atom is 0.239 e. The molecular weight excluding hydrogens is 228 g/mol. The molecule has 0 aromatic heterocycles. The molecule has 0 saturated carbocycles. The summed E-state index contributed by atoms with van der Waals surface area (Å²) >= 11 is 5.52. The van der Waals surface area contributed by atoms with Crippen molar-refractivity contribution in [3.05, 3.63) is 0 Å². The molecule has 0 rings (SSSR count). The van der Waals surface area contributed by atoms with Crippen LogP contribution in [0, 0.1) is 0 Å². The van der Waals surface area contributed by atoms with Gasteiger partial charge >= 0.3 is 0 Å². The van der Waals surface area contributed by atoms with E-state index in [9.17, 15) is 9.59 Å². The Bertz CT molecular complexity index is 232. The summed E-state index contributed by atoms with van der Waals surface area (Å²) in [6.45, 7) is 3.90. The summed E-state index contributed by atoms with van der Waals surface area (Å²) in [7, 11) is 1.64. The van der Waals surface area contributed by atoms with Crippen molar-refractivity contribution < 1.29 is 9.59 Å². The molecule has 1 N–H and O–H groups in total. The molecule has 2 amide bonds. The number of rotatable bonds is 7. The minimum Gasteiger partial charge on any atom is -0.352 e. The molecular formula is C11H21ClN2O2. The minimum atomic E-state index is -0.122. The summed E-state index contributed by atoms with van der Waals surface area (Å²) in [4.78, 5) is 24.4. The van der Waals surface area contributed by atoms with Gasteiger partial charge in [0.2, 0.25) is 11.8 Å². The molecule has 16 heavy (non-hydrogen) atoms. The lowest BCUT2D eigenvalue weighted by molar-refractivity contribution is -0.135. The highest BCUT2D eigenvalue weighted by Gasteiger charge is 2.12. The number of carbonyl (C=O) groups excluding carboxylic acids is 2. The van der Waals surface area contributed by atoms with Crippen LogP contribution in [-0.4, -0.2) is 42.2 Å². The third kappa shape index (κ3) is 7.51. The van der Waals surface area contributed by atoms with Crippen LogP contribution in [0.15, 0.2) is 0 Å². The van der Waals surface area contributed by atoms with Crippen LogP contribution in [0.2, 0.25) is 0 Å². The third-order valence-corrected chi connectivity index (χ3v) is 2.30. The fraction of sp³-hybridized carbons (Fsp3) is 0.818. The van der Waals surface area contributed by atoms with E-state index < -0.39 is 0 Å². The number of nitrogens with one attached hydrogen (secondary N) is 1. The topological polar surface area (TPSA) is 49.4 Å². The molecule has 0 saturated heterocycles. The number of unbranched alkanes of at least 4 members (excludes halogenated alkanes) is 1. The van der Waals surface area contributed by atoms with Crippen LogP contribution in [0.1, 0.15) is 33.1 Å². The first kappa shape index (κ1) is 15.2. The van der Waals surface area contributed by atoms with Crippen LogP contribution in [-0.2, 0) is 9.59 Å². The van der Waals surface area contributed by atoms with Gasteiger partial charge in [0, 0.05) is 25.4 Å². The summed E-state index contributed by atoms with van der Waals surface area (Å²) in [5.41, 5.74) is 0. The standard InChI is InChI=1S/C11H21ClN2O2/c1-9(2)13-10(15)8-14(3)11(16)6-4-5-7-12/h9H,4-8H2,1-3H3,(H,13,15). The van der Waals surface area contributed by atoms with Gasteiger partial charge in [-0.15, -0.1) is 11.6 Å². The Morgan fingerprint density at radius 1 is 1.31 bits per heavy atom. The van der Waals surface area contributed by atoms with E-state index in [1.807, 2.05) is 13.8 Å². The fourth-order valence-corrected chi connectivity index (χ4v) is 1.42. The smallest absolute Gasteiger partial charge is 0.239 e. The number of carbonyl (C=O) groups is 2. The second-order valence-electron chi connectivity index (χ2n) is 4.12. The van der Waals surface area contributed by atoms with Crippen molar-refractivity contribution in [2.75, 3.05) is 19.5 Å². The highest BCUT2D eigenvalue weighted by molar-refractivity contribution is 6.17. The first-order chi connectivity index (χ1) is 7.47. The highest BCUT2D eigenvalue weighted by Crippen LogP contribution is 2.00. The van der Waals surface area contributed by atoms with Crippen molar-refractivity contribution in [2.45, 2.75) is 39.2 Å². The number of alkyl halides is 1. The van der Waals surface area contributed by atoms with Crippen LogP contribution in [0.25, 0.3) is 0 Å². The summed E-state index contributed by atoms with van der Waals surface area (Å²) in [6.07, 6.45) is 2.07. The Balaban J connectivity index is 3.81. The monoisotopic (exact) mass is 248 g/mol. The van der Waals surface area contributed by atoms with Crippen LogP contribution < -0.4 is 5.32 Å². The van der Waals surface area contributed by atoms with Gasteiger partial charge in [-0.2, -0.15) is 0 Å². The Labute approximate surface area is 102 Å². The molecule has 0 radical (unpaired) electrons. The van der Waals surface area contributed by atoms with Crippen molar-refractivity contribution in [2.24, 2.45) is 0 Å². The van der Waals surface area contributed by atoms with Crippen LogP contribution >= 0.6 is 11.6 Å². The number of hydrogen-bond donors (Lipinski definition) is 1. The van der Waals surface area contributed by atoms with Gasteiger partial charge in [0.15, 0.2) is 0 Å². The van der Waals surface area contributed by atoms with Gasteiger partial charge in [0.1, 0.15) is 0 Å². The van der Waals surface area contributed by atoms with Crippen molar-refractivity contribution in [3.63, 3.8) is 0 Å². The first-order valence-corrected chi connectivity index (χ1v) is 6.10. The van der Waals surface area contributed by atoms with Crippen molar-refractivity contribution in [3.8, 4) is 0 Å². The van der Waals surface area contributed by atoms with E-state index in [2.05, 4.69) is 5.32 Å². The molecule has 5 heteroatoms. The number of halogens is 1. The molecule has 0 atom stereocenters. The Kier molecular flexibility index (Phi) is 7.99. The van der Waals surface area contributed by atoms with Crippen LogP contribution in [0.5, 0.6) is 0 Å². The van der Waals surface area contributed by atoms with E-state index in [1.54, 1.807) is 7.05 Å². The van der Waals surface area contributed by atoms with E-state index in [0.29, 0.717) is 12.3 Å². The van der Waals surface area contributed by atoms with Crippen LogP contribution in [0.3, 0.4) is 0 Å². The zero-order valence-corrected chi connectivity index (χ0v) is 11.0. The predicted octanol–water partition coefficient (Wildman–Crippen LogP) is 1.38. The lowest BCUT2D eigenvalue weighted by Crippen LogP contribution is -2.40. The number of nitrogens with zero attached hydrogens (tertiary/aromatic N) is 1. The summed E-state index contributed by atoms with van der Waals surface area (Å²) < 4.78 is 0. The van der Waals surface area contributed by atoms with E-state index in [1.165, 1.54) is 4.90 Å². The summed E-state index contributed by atoms with van der Waals surface area (Å²) in [5.74, 6) is 0.442. The van der Waals surface area contributed by atoms with E-state index in [-0.39, 0.29) is 24.4 Å². The Morgan fingerprint density at radius 2 is 1.94 bits per heavy atom. The van der Waals surface area contributed by atoms with Crippen molar-refractivity contribution in [1.29, 1.82) is 0 Å². The lowest BCUT2D eigenvalue weighted by Gasteiger charge is -2.17. The maximum absolute atomic E-state index is 11.5. The normalized spacial score (nSPS) is 10.3. The fourth-order valence-electron chi connectivity index (χ4n) is 1.23. The zero-order valence-electron chi connectivity index (χ0n) is 10.3. The van der Waals surface area contributed by atoms with E-state index in [4.69, 9.17) is 11.6 Å². The third-order valence-electron chi connectivity index (χ3n) is 2.03. The SMILES string of the molecule is CC(C)NC(=O)CN(C)C(=O)CCCCCl. The average Bonchev–Trinajstić information content (AvgIpc) is 2.16. The van der Waals surface area contributed by atoms with E-state index >= 15 is 0 Å². The van der Waals surface area contributed by atoms with Crippen molar-refractivity contribution in [1.82, 2.24) is 10.2 Å². The maximum atomic E-state index is 11.5. The quantitative estimate of drug-likeness (QED) is 0.547. The molecule has 0 aliphatic carbocycles. The van der Waals surface area contributed by atoms with Gasteiger partial charge in [-0.25, -0.2) is 0 Å². The summed E-state index contributed by atoms with van der Waals surface area (Å²) in [5, 5.41) is 2.74. The average molecular weight is 249 g/mol. The van der Waals surface area contributed by atoms with Crippen LogP contribution in [0.4, 0.5) is 0 Å². The largest absolute Gasteiger partial charge is 0.352 e.